The van der Waals surface area contributed by atoms with Gasteiger partial charge in [0, 0.05) is 13.1 Å². The number of benzene rings is 1. The molecular weight excluding hydrogens is 218 g/mol. The molecule has 0 bridgehead atoms. The van der Waals surface area contributed by atoms with Gasteiger partial charge in [0.2, 0.25) is 0 Å². The van der Waals surface area contributed by atoms with Crippen LogP contribution in [0.25, 0.3) is 11.0 Å². The van der Waals surface area contributed by atoms with Crippen molar-refractivity contribution >= 4 is 17.0 Å². The number of hydrogen-bond donors (Lipinski definition) is 1. The first-order valence-corrected chi connectivity index (χ1v) is 5.41. The Morgan fingerprint density at radius 2 is 2.24 bits per heavy atom. The maximum absolute atomic E-state index is 11.0. The molecule has 1 aromatic heterocycles. The topological polar surface area (TPSA) is 58.4 Å². The lowest BCUT2D eigenvalue weighted by Crippen LogP contribution is -2.17. The van der Waals surface area contributed by atoms with Crippen molar-refractivity contribution in [2.24, 2.45) is 0 Å². The molecule has 0 radical (unpaired) electrons. The lowest BCUT2D eigenvalue weighted by atomic mass is 10.2. The van der Waals surface area contributed by atoms with Crippen molar-refractivity contribution < 1.29 is 9.90 Å². The molecule has 5 heteroatoms. The van der Waals surface area contributed by atoms with Gasteiger partial charge in [-0.15, -0.1) is 0 Å². The molecule has 90 valence electrons. The molecule has 5 nitrogen and oxygen atoms in total. The number of para-hydroxylation sites is 1. The van der Waals surface area contributed by atoms with Gasteiger partial charge in [0.15, 0.2) is 0 Å². The normalized spacial score (nSPS) is 11.2. The summed E-state index contributed by atoms with van der Waals surface area (Å²) in [7, 11) is 4.00. The van der Waals surface area contributed by atoms with Gasteiger partial charge >= 0.3 is 5.97 Å². The van der Waals surface area contributed by atoms with Crippen LogP contribution >= 0.6 is 0 Å². The highest BCUT2D eigenvalue weighted by atomic mass is 16.4. The Morgan fingerprint density at radius 1 is 1.47 bits per heavy atom. The SMILES string of the molecule is CN(C)CCn1cnc2c(C(=O)O)cccc21. The predicted octanol–water partition coefficient (Wildman–Crippen LogP) is 1.30. The Hall–Kier alpha value is -1.88. The predicted molar refractivity (Wildman–Crippen MR) is 65.2 cm³/mol. The minimum Gasteiger partial charge on any atom is -0.478 e. The number of aromatic nitrogens is 2. The minimum atomic E-state index is -0.937. The average Bonchev–Trinajstić information content (AvgIpc) is 2.68. The molecule has 17 heavy (non-hydrogen) atoms. The van der Waals surface area contributed by atoms with Crippen LogP contribution in [0.15, 0.2) is 24.5 Å². The van der Waals surface area contributed by atoms with Crippen LogP contribution in [0.4, 0.5) is 0 Å². The number of likely N-dealkylation sites (N-methyl/N-ethyl adjacent to an activating group) is 1. The number of fused-ring (bicyclic) bond motifs is 1. The molecule has 0 aliphatic carbocycles. The summed E-state index contributed by atoms with van der Waals surface area (Å²) >= 11 is 0. The zero-order chi connectivity index (χ0) is 12.4. The second-order valence-electron chi connectivity index (χ2n) is 4.22. The average molecular weight is 233 g/mol. The van der Waals surface area contributed by atoms with Gasteiger partial charge in [-0.3, -0.25) is 0 Å². The van der Waals surface area contributed by atoms with Crippen molar-refractivity contribution in [1.29, 1.82) is 0 Å². The van der Waals surface area contributed by atoms with Crippen LogP contribution < -0.4 is 0 Å². The van der Waals surface area contributed by atoms with Gasteiger partial charge in [0.25, 0.3) is 0 Å². The molecular formula is C12H15N3O2. The fourth-order valence-corrected chi connectivity index (χ4v) is 1.75. The Labute approximate surface area is 99.3 Å². The Bertz CT molecular complexity index is 546. The Morgan fingerprint density at radius 3 is 2.88 bits per heavy atom. The summed E-state index contributed by atoms with van der Waals surface area (Å²) in [6.45, 7) is 1.69. The molecule has 0 saturated carbocycles. The van der Waals surface area contributed by atoms with E-state index in [0.717, 1.165) is 18.6 Å². The monoisotopic (exact) mass is 233 g/mol. The molecule has 1 heterocycles. The number of carboxylic acid groups (broad SMARTS) is 1. The lowest BCUT2D eigenvalue weighted by molar-refractivity contribution is 0.0699. The van der Waals surface area contributed by atoms with E-state index in [0.29, 0.717) is 5.52 Å². The third-order valence-electron chi connectivity index (χ3n) is 2.67. The first-order chi connectivity index (χ1) is 8.09. The van der Waals surface area contributed by atoms with Crippen molar-refractivity contribution in [2.75, 3.05) is 20.6 Å². The summed E-state index contributed by atoms with van der Waals surface area (Å²) in [4.78, 5) is 17.3. The molecule has 0 fully saturated rings. The van der Waals surface area contributed by atoms with E-state index in [1.807, 2.05) is 24.7 Å². The maximum atomic E-state index is 11.0. The van der Waals surface area contributed by atoms with E-state index >= 15 is 0 Å². The Kier molecular flexibility index (Phi) is 3.10. The van der Waals surface area contributed by atoms with E-state index in [1.54, 1.807) is 18.5 Å². The molecule has 2 aromatic rings. The second-order valence-corrected chi connectivity index (χ2v) is 4.22. The standard InChI is InChI=1S/C12H15N3O2/c1-14(2)6-7-15-8-13-11-9(12(16)17)4-3-5-10(11)15/h3-5,8H,6-7H2,1-2H3,(H,16,17). The minimum absolute atomic E-state index is 0.256. The van der Waals surface area contributed by atoms with Crippen LogP contribution in [0.5, 0.6) is 0 Å². The number of rotatable bonds is 4. The van der Waals surface area contributed by atoms with Crippen molar-refractivity contribution in [3.05, 3.63) is 30.1 Å². The van der Waals surface area contributed by atoms with Crippen molar-refractivity contribution in [1.82, 2.24) is 14.5 Å². The van der Waals surface area contributed by atoms with E-state index < -0.39 is 5.97 Å². The second kappa shape index (κ2) is 4.55. The summed E-state index contributed by atoms with van der Waals surface area (Å²) in [5, 5.41) is 9.05. The highest BCUT2D eigenvalue weighted by Crippen LogP contribution is 2.17. The summed E-state index contributed by atoms with van der Waals surface area (Å²) in [5.74, 6) is -0.937. The van der Waals surface area contributed by atoms with Crippen LogP contribution in [0.1, 0.15) is 10.4 Å². The van der Waals surface area contributed by atoms with Crippen LogP contribution in [0.2, 0.25) is 0 Å². The van der Waals surface area contributed by atoms with Gasteiger partial charge in [-0.2, -0.15) is 0 Å². The molecule has 0 atom stereocenters. The number of nitrogens with zero attached hydrogens (tertiary/aromatic N) is 3. The van der Waals surface area contributed by atoms with Crippen molar-refractivity contribution in [2.45, 2.75) is 6.54 Å². The Balaban J connectivity index is 2.40. The van der Waals surface area contributed by atoms with Gasteiger partial charge in [-0.05, 0) is 26.2 Å². The molecule has 0 unspecified atom stereocenters. The van der Waals surface area contributed by atoms with Crippen LogP contribution in [-0.4, -0.2) is 46.2 Å². The summed E-state index contributed by atoms with van der Waals surface area (Å²) in [6, 6.07) is 5.22. The van der Waals surface area contributed by atoms with Gasteiger partial charge in [0.05, 0.1) is 17.4 Å². The van der Waals surface area contributed by atoms with Crippen LogP contribution in [-0.2, 0) is 6.54 Å². The van der Waals surface area contributed by atoms with Crippen molar-refractivity contribution in [3.63, 3.8) is 0 Å². The molecule has 0 saturated heterocycles. The highest BCUT2D eigenvalue weighted by Gasteiger charge is 2.11. The molecule has 0 aliphatic rings. The molecule has 0 spiro atoms. The van der Waals surface area contributed by atoms with Gasteiger partial charge in [0.1, 0.15) is 5.52 Å². The van der Waals surface area contributed by atoms with E-state index in [9.17, 15) is 4.79 Å². The third kappa shape index (κ3) is 2.29. The number of aromatic carboxylic acids is 1. The first kappa shape index (κ1) is 11.6. The van der Waals surface area contributed by atoms with E-state index in [2.05, 4.69) is 9.88 Å². The highest BCUT2D eigenvalue weighted by molar-refractivity contribution is 6.00. The molecule has 0 amide bonds. The van der Waals surface area contributed by atoms with Gasteiger partial charge in [-0.25, -0.2) is 9.78 Å². The number of carboxylic acids is 1. The van der Waals surface area contributed by atoms with Gasteiger partial charge in [-0.1, -0.05) is 6.07 Å². The number of hydrogen-bond acceptors (Lipinski definition) is 3. The van der Waals surface area contributed by atoms with Crippen LogP contribution in [0, 0.1) is 0 Å². The molecule has 0 aliphatic heterocycles. The van der Waals surface area contributed by atoms with E-state index in [-0.39, 0.29) is 5.56 Å². The molecule has 1 N–H and O–H groups in total. The van der Waals surface area contributed by atoms with Crippen LogP contribution in [0.3, 0.4) is 0 Å². The smallest absolute Gasteiger partial charge is 0.337 e. The van der Waals surface area contributed by atoms with Crippen molar-refractivity contribution in [3.8, 4) is 0 Å². The summed E-state index contributed by atoms with van der Waals surface area (Å²) in [6.07, 6.45) is 1.70. The number of carbonyl (C=O) groups is 1. The fraction of sp³-hybridized carbons (Fsp3) is 0.333. The molecule has 2 rings (SSSR count). The first-order valence-electron chi connectivity index (χ1n) is 5.41. The largest absolute Gasteiger partial charge is 0.478 e. The van der Waals surface area contributed by atoms with E-state index in [1.165, 1.54) is 0 Å². The maximum Gasteiger partial charge on any atom is 0.337 e. The van der Waals surface area contributed by atoms with Gasteiger partial charge < -0.3 is 14.6 Å². The summed E-state index contributed by atoms with van der Waals surface area (Å²) in [5.41, 5.74) is 1.68. The quantitative estimate of drug-likeness (QED) is 0.864. The third-order valence-corrected chi connectivity index (χ3v) is 2.67. The zero-order valence-corrected chi connectivity index (χ0v) is 9.92. The van der Waals surface area contributed by atoms with E-state index in [4.69, 9.17) is 5.11 Å². The zero-order valence-electron chi connectivity index (χ0n) is 9.92. The lowest BCUT2D eigenvalue weighted by Gasteiger charge is -2.10. The fourth-order valence-electron chi connectivity index (χ4n) is 1.75. The summed E-state index contributed by atoms with van der Waals surface area (Å²) < 4.78 is 1.97. The number of imidazole rings is 1. The molecule has 1 aromatic carbocycles.